The Bertz CT molecular complexity index is 1070. The Morgan fingerprint density at radius 3 is 2.48 bits per heavy atom. The van der Waals surface area contributed by atoms with E-state index < -0.39 is 32.8 Å². The molecule has 0 aromatic heterocycles. The second-order valence-electron chi connectivity index (χ2n) is 8.32. The maximum absolute atomic E-state index is 13.1. The molecule has 0 aliphatic carbocycles. The average molecular weight is 472 g/mol. The number of rotatable bonds is 7. The number of aliphatic carboxylic acids is 1. The molecule has 31 heavy (non-hydrogen) atoms. The Kier molecular flexibility index (Phi) is 6.61. The molecule has 0 radical (unpaired) electrons. The van der Waals surface area contributed by atoms with E-state index in [2.05, 4.69) is 4.72 Å². The summed E-state index contributed by atoms with van der Waals surface area (Å²) in [7, 11) is -4.14. The van der Waals surface area contributed by atoms with Crippen LogP contribution in [0.25, 0.3) is 0 Å². The summed E-state index contributed by atoms with van der Waals surface area (Å²) in [5.74, 6) is -1.38. The fraction of sp³-hybridized carbons (Fsp3) is 0.381. The van der Waals surface area contributed by atoms with Crippen LogP contribution < -0.4 is 9.46 Å². The zero-order valence-corrected chi connectivity index (χ0v) is 18.6. The van der Waals surface area contributed by atoms with E-state index in [1.807, 2.05) is 13.8 Å². The number of carboxylic acids is 1. The number of carbonyl (C=O) groups is 1. The van der Waals surface area contributed by atoms with E-state index in [1.165, 1.54) is 42.5 Å². The van der Waals surface area contributed by atoms with Gasteiger partial charge in [-0.05, 0) is 48.2 Å². The van der Waals surface area contributed by atoms with Gasteiger partial charge in [-0.15, -0.1) is 0 Å². The summed E-state index contributed by atoms with van der Waals surface area (Å²) in [4.78, 5) is 11.8. The van der Waals surface area contributed by atoms with Crippen molar-refractivity contribution in [3.05, 3.63) is 58.9 Å². The lowest BCUT2D eigenvalue weighted by Crippen LogP contribution is -2.62. The molecule has 1 heterocycles. The molecule has 10 heteroatoms. The van der Waals surface area contributed by atoms with Crippen molar-refractivity contribution in [1.82, 2.24) is 4.72 Å². The quantitative estimate of drug-likeness (QED) is 0.639. The second kappa shape index (κ2) is 8.74. The van der Waals surface area contributed by atoms with E-state index >= 15 is 0 Å². The number of benzene rings is 2. The Balaban J connectivity index is 1.73. The third kappa shape index (κ3) is 5.54. The van der Waals surface area contributed by atoms with E-state index in [4.69, 9.17) is 21.1 Å². The maximum atomic E-state index is 13.1. The molecule has 3 rings (SSSR count). The number of halogens is 2. The molecular weight excluding hydrogens is 449 g/mol. The molecule has 2 N–H and O–H groups in total. The van der Waals surface area contributed by atoms with Crippen molar-refractivity contribution in [3.63, 3.8) is 0 Å². The Hall–Kier alpha value is -2.20. The minimum atomic E-state index is -4.14. The maximum Gasteiger partial charge on any atom is 0.327 e. The van der Waals surface area contributed by atoms with Gasteiger partial charge in [0.1, 0.15) is 18.2 Å². The van der Waals surface area contributed by atoms with Crippen molar-refractivity contribution >= 4 is 27.6 Å². The van der Waals surface area contributed by atoms with Gasteiger partial charge >= 0.3 is 5.97 Å². The molecular formula is C21H23ClFNO6S. The minimum Gasteiger partial charge on any atom is -0.489 e. The van der Waals surface area contributed by atoms with Crippen LogP contribution in [0.4, 0.5) is 4.39 Å². The summed E-state index contributed by atoms with van der Waals surface area (Å²) in [5.41, 5.74) is -1.68. The van der Waals surface area contributed by atoms with Gasteiger partial charge in [0.25, 0.3) is 0 Å². The van der Waals surface area contributed by atoms with Crippen molar-refractivity contribution in [2.24, 2.45) is 5.41 Å². The lowest BCUT2D eigenvalue weighted by molar-refractivity contribution is -0.154. The van der Waals surface area contributed by atoms with Gasteiger partial charge in [0.05, 0.1) is 23.1 Å². The van der Waals surface area contributed by atoms with Gasteiger partial charge in [-0.3, -0.25) is 4.79 Å². The molecule has 2 aromatic carbocycles. The zero-order valence-electron chi connectivity index (χ0n) is 17.0. The van der Waals surface area contributed by atoms with Crippen LogP contribution in [-0.4, -0.2) is 38.2 Å². The number of nitrogens with one attached hydrogen (secondary N) is 1. The van der Waals surface area contributed by atoms with Gasteiger partial charge in [0.2, 0.25) is 10.0 Å². The fourth-order valence-corrected chi connectivity index (χ4v) is 5.06. The van der Waals surface area contributed by atoms with E-state index in [0.717, 1.165) is 0 Å². The molecule has 1 unspecified atom stereocenters. The van der Waals surface area contributed by atoms with E-state index in [9.17, 15) is 22.7 Å². The predicted molar refractivity (Wildman–Crippen MR) is 112 cm³/mol. The molecule has 0 amide bonds. The highest BCUT2D eigenvalue weighted by Crippen LogP contribution is 2.35. The van der Waals surface area contributed by atoms with Gasteiger partial charge in [0.15, 0.2) is 5.54 Å². The first-order valence-corrected chi connectivity index (χ1v) is 11.3. The molecule has 1 aliphatic heterocycles. The van der Waals surface area contributed by atoms with Crippen LogP contribution in [-0.2, 0) is 26.2 Å². The summed E-state index contributed by atoms with van der Waals surface area (Å²) >= 11 is 5.97. The van der Waals surface area contributed by atoms with E-state index in [-0.39, 0.29) is 29.6 Å². The first kappa shape index (κ1) is 23.5. The van der Waals surface area contributed by atoms with E-state index in [0.29, 0.717) is 17.9 Å². The van der Waals surface area contributed by atoms with Crippen molar-refractivity contribution in [2.45, 2.75) is 37.3 Å². The molecule has 1 aliphatic rings. The lowest BCUT2D eigenvalue weighted by Gasteiger charge is -2.41. The fourth-order valence-electron chi connectivity index (χ4n) is 3.50. The summed E-state index contributed by atoms with van der Waals surface area (Å²) in [5, 5.41) is 9.95. The van der Waals surface area contributed by atoms with Crippen LogP contribution >= 0.6 is 11.6 Å². The second-order valence-corrected chi connectivity index (χ2v) is 10.4. The van der Waals surface area contributed by atoms with Crippen LogP contribution in [0.3, 0.4) is 0 Å². The number of sulfonamides is 1. The number of hydrogen-bond donors (Lipinski definition) is 2. The largest absolute Gasteiger partial charge is 0.489 e. The Morgan fingerprint density at radius 2 is 1.90 bits per heavy atom. The Labute approximate surface area is 185 Å². The van der Waals surface area contributed by atoms with E-state index in [1.54, 1.807) is 0 Å². The van der Waals surface area contributed by atoms with Gasteiger partial charge in [-0.25, -0.2) is 12.8 Å². The molecule has 1 fully saturated rings. The first-order chi connectivity index (χ1) is 14.4. The van der Waals surface area contributed by atoms with Crippen LogP contribution in [0.1, 0.15) is 25.8 Å². The van der Waals surface area contributed by atoms with Crippen molar-refractivity contribution in [3.8, 4) is 5.75 Å². The van der Waals surface area contributed by atoms with Crippen molar-refractivity contribution in [2.75, 3.05) is 13.2 Å². The smallest absolute Gasteiger partial charge is 0.327 e. The van der Waals surface area contributed by atoms with Gasteiger partial charge in [-0.2, -0.15) is 4.72 Å². The third-order valence-corrected chi connectivity index (χ3v) is 6.81. The molecule has 1 saturated heterocycles. The average Bonchev–Trinajstić information content (AvgIpc) is 2.66. The molecule has 0 saturated carbocycles. The van der Waals surface area contributed by atoms with Crippen molar-refractivity contribution < 1.29 is 32.2 Å². The predicted octanol–water partition coefficient (Wildman–Crippen LogP) is 3.61. The number of carboxylic acid groups (broad SMARTS) is 1. The van der Waals surface area contributed by atoms with Gasteiger partial charge in [-0.1, -0.05) is 31.5 Å². The van der Waals surface area contributed by atoms with Crippen LogP contribution in [0.15, 0.2) is 47.4 Å². The van der Waals surface area contributed by atoms with Crippen LogP contribution in [0, 0.1) is 11.2 Å². The van der Waals surface area contributed by atoms with Gasteiger partial charge in [0, 0.05) is 5.56 Å². The van der Waals surface area contributed by atoms with Crippen LogP contribution in [0.5, 0.6) is 5.75 Å². The number of ether oxygens (including phenoxy) is 2. The molecule has 168 valence electrons. The molecule has 7 nitrogen and oxygen atoms in total. The summed E-state index contributed by atoms with van der Waals surface area (Å²) < 4.78 is 52.1. The van der Waals surface area contributed by atoms with Crippen LogP contribution in [0.2, 0.25) is 5.02 Å². The molecule has 0 spiro atoms. The normalized spacial score (nSPS) is 20.9. The molecule has 2 aromatic rings. The summed E-state index contributed by atoms with van der Waals surface area (Å²) in [6.07, 6.45) is 0.0915. The van der Waals surface area contributed by atoms with Crippen molar-refractivity contribution in [1.29, 1.82) is 0 Å². The van der Waals surface area contributed by atoms with Gasteiger partial charge < -0.3 is 14.6 Å². The summed E-state index contributed by atoms with van der Waals surface area (Å²) in [6.45, 7) is 3.78. The molecule has 1 atom stereocenters. The number of hydrogen-bond acceptors (Lipinski definition) is 5. The standard InChI is InChI=1S/C21H23ClFNO6S/c1-20(2)11-21(19(25)26,13-29-12-20)24-31(27,28)17-7-5-16(6-8-17)30-10-14-3-4-15(23)9-18(14)22/h3-9,24H,10-13H2,1-2H3,(H,25,26). The lowest BCUT2D eigenvalue weighted by atomic mass is 9.77. The topological polar surface area (TPSA) is 102 Å². The SMILES string of the molecule is CC1(C)COCC(NS(=O)(=O)c2ccc(OCc3ccc(F)cc3Cl)cc2)(C(=O)O)C1. The molecule has 0 bridgehead atoms. The highest BCUT2D eigenvalue weighted by molar-refractivity contribution is 7.89. The third-order valence-electron chi connectivity index (χ3n) is 4.90. The monoisotopic (exact) mass is 471 g/mol. The first-order valence-electron chi connectivity index (χ1n) is 9.44. The summed E-state index contributed by atoms with van der Waals surface area (Å²) in [6, 6.07) is 9.46. The Morgan fingerprint density at radius 1 is 1.23 bits per heavy atom. The minimum absolute atomic E-state index is 0.0675. The highest BCUT2D eigenvalue weighted by Gasteiger charge is 2.49. The highest BCUT2D eigenvalue weighted by atomic mass is 35.5. The zero-order chi connectivity index (χ0) is 22.9.